The van der Waals surface area contributed by atoms with E-state index in [2.05, 4.69) is 4.90 Å². The number of benzene rings is 1. The number of hydrogen-bond donors (Lipinski definition) is 1. The van der Waals surface area contributed by atoms with Crippen LogP contribution in [0, 0.1) is 0 Å². The Bertz CT molecular complexity index is 552. The van der Waals surface area contributed by atoms with Gasteiger partial charge in [-0.3, -0.25) is 4.90 Å². The van der Waals surface area contributed by atoms with Crippen molar-refractivity contribution in [2.24, 2.45) is 0 Å². The molecule has 0 aliphatic carbocycles. The summed E-state index contributed by atoms with van der Waals surface area (Å²) in [6, 6.07) is 9.46. The van der Waals surface area contributed by atoms with Gasteiger partial charge in [-0.15, -0.1) is 0 Å². The predicted molar refractivity (Wildman–Crippen MR) is 87.9 cm³/mol. The second-order valence-electron chi connectivity index (χ2n) is 6.58. The van der Waals surface area contributed by atoms with Crippen LogP contribution in [0.5, 0.6) is 0 Å². The Hall–Kier alpha value is -1.06. The van der Waals surface area contributed by atoms with Gasteiger partial charge in [-0.05, 0) is 0 Å². The Morgan fingerprint density at radius 1 is 1.12 bits per heavy atom. The zero-order valence-electron chi connectivity index (χ0n) is 14.3. The molecule has 7 nitrogen and oxygen atoms in total. The summed E-state index contributed by atoms with van der Waals surface area (Å²) in [5, 5.41) is 11.1. The molecule has 6 atom stereocenters. The quantitative estimate of drug-likeness (QED) is 0.852. The van der Waals surface area contributed by atoms with E-state index in [9.17, 15) is 5.11 Å². The number of nitrogens with zero attached hydrogens (tertiary/aromatic N) is 1. The number of hydrogen-bond acceptors (Lipinski definition) is 7. The van der Waals surface area contributed by atoms with E-state index in [-0.39, 0.29) is 12.1 Å². The van der Waals surface area contributed by atoms with Crippen molar-refractivity contribution in [1.29, 1.82) is 0 Å². The Labute approximate surface area is 147 Å². The average Bonchev–Trinajstić information content (AvgIpc) is 2.69. The lowest BCUT2D eigenvalue weighted by Gasteiger charge is -2.50. The zero-order valence-corrected chi connectivity index (χ0v) is 14.3. The van der Waals surface area contributed by atoms with Crippen molar-refractivity contribution < 1.29 is 28.8 Å². The average molecular weight is 351 g/mol. The summed E-state index contributed by atoms with van der Waals surface area (Å²) >= 11 is 0. The van der Waals surface area contributed by atoms with Gasteiger partial charge in [-0.1, -0.05) is 30.3 Å². The molecule has 25 heavy (non-hydrogen) atoms. The topological polar surface area (TPSA) is 69.6 Å². The third-order valence-electron chi connectivity index (χ3n) is 5.10. The monoisotopic (exact) mass is 351 g/mol. The summed E-state index contributed by atoms with van der Waals surface area (Å²) < 4.78 is 28.9. The number of aliphatic hydroxyl groups is 1. The van der Waals surface area contributed by atoms with Crippen LogP contribution in [0.4, 0.5) is 0 Å². The largest absolute Gasteiger partial charge is 0.388 e. The van der Waals surface area contributed by atoms with Crippen molar-refractivity contribution >= 4 is 0 Å². The minimum absolute atomic E-state index is 0.287. The van der Waals surface area contributed by atoms with Crippen LogP contribution in [0.15, 0.2) is 30.3 Å². The van der Waals surface area contributed by atoms with Crippen LogP contribution >= 0.6 is 0 Å². The third-order valence-corrected chi connectivity index (χ3v) is 5.10. The maximum atomic E-state index is 11.1. The number of fused-ring (bicyclic) bond motifs is 1. The number of morpholine rings is 1. The number of aliphatic hydroxyl groups excluding tert-OH is 1. The smallest absolute Gasteiger partial charge is 0.184 e. The number of ether oxygens (including phenoxy) is 5. The van der Waals surface area contributed by atoms with Crippen LogP contribution in [-0.4, -0.2) is 80.7 Å². The number of methoxy groups -OCH3 is 1. The van der Waals surface area contributed by atoms with E-state index in [0.717, 1.165) is 18.7 Å². The van der Waals surface area contributed by atoms with Crippen LogP contribution in [0.25, 0.3) is 0 Å². The van der Waals surface area contributed by atoms with Crippen LogP contribution in [-0.2, 0) is 23.7 Å². The molecule has 1 aromatic rings. The summed E-state index contributed by atoms with van der Waals surface area (Å²) in [4.78, 5) is 2.16. The minimum atomic E-state index is -0.725. The van der Waals surface area contributed by atoms with E-state index in [1.807, 2.05) is 30.3 Å². The molecule has 0 saturated carbocycles. The second-order valence-corrected chi connectivity index (χ2v) is 6.58. The lowest BCUT2D eigenvalue weighted by Crippen LogP contribution is -2.67. The summed E-state index contributed by atoms with van der Waals surface area (Å²) in [5.74, 6) is 0. The fourth-order valence-electron chi connectivity index (χ4n) is 3.82. The van der Waals surface area contributed by atoms with E-state index in [0.29, 0.717) is 19.8 Å². The highest BCUT2D eigenvalue weighted by molar-refractivity contribution is 5.16. The maximum absolute atomic E-state index is 11.1. The van der Waals surface area contributed by atoms with Gasteiger partial charge < -0.3 is 28.8 Å². The molecule has 1 N–H and O–H groups in total. The Balaban J connectivity index is 1.52. The lowest BCUT2D eigenvalue weighted by atomic mass is 9.94. The maximum Gasteiger partial charge on any atom is 0.184 e. The van der Waals surface area contributed by atoms with Gasteiger partial charge in [0.05, 0.1) is 25.9 Å². The molecule has 1 unspecified atom stereocenters. The molecule has 1 aromatic carbocycles. The first-order valence-corrected chi connectivity index (χ1v) is 8.78. The van der Waals surface area contributed by atoms with E-state index >= 15 is 0 Å². The van der Waals surface area contributed by atoms with Crippen molar-refractivity contribution in [1.82, 2.24) is 4.90 Å². The van der Waals surface area contributed by atoms with Crippen molar-refractivity contribution in [2.45, 2.75) is 36.9 Å². The Kier molecular flexibility index (Phi) is 5.33. The summed E-state index contributed by atoms with van der Waals surface area (Å²) in [6.07, 6.45) is -2.55. The molecule has 4 rings (SSSR count). The van der Waals surface area contributed by atoms with Crippen molar-refractivity contribution in [3.05, 3.63) is 35.9 Å². The fraction of sp³-hybridized carbons (Fsp3) is 0.667. The van der Waals surface area contributed by atoms with E-state index in [1.54, 1.807) is 7.11 Å². The predicted octanol–water partition coefficient (Wildman–Crippen LogP) is 0.534. The first-order chi connectivity index (χ1) is 12.3. The summed E-state index contributed by atoms with van der Waals surface area (Å²) in [6.45, 7) is 3.12. The molecule has 3 aliphatic rings. The molecule has 138 valence electrons. The molecule has 0 amide bonds. The molecule has 0 radical (unpaired) electrons. The van der Waals surface area contributed by atoms with Gasteiger partial charge in [0.1, 0.15) is 18.3 Å². The Morgan fingerprint density at radius 2 is 1.88 bits per heavy atom. The molecular weight excluding hydrogens is 326 g/mol. The highest BCUT2D eigenvalue weighted by Crippen LogP contribution is 2.35. The van der Waals surface area contributed by atoms with Gasteiger partial charge in [-0.2, -0.15) is 0 Å². The van der Waals surface area contributed by atoms with Crippen molar-refractivity contribution in [3.8, 4) is 0 Å². The van der Waals surface area contributed by atoms with Gasteiger partial charge in [0, 0.05) is 25.8 Å². The van der Waals surface area contributed by atoms with Gasteiger partial charge in [-0.25, -0.2) is 0 Å². The Morgan fingerprint density at radius 3 is 2.60 bits per heavy atom. The molecule has 0 spiro atoms. The molecule has 7 heteroatoms. The van der Waals surface area contributed by atoms with Crippen molar-refractivity contribution in [3.63, 3.8) is 0 Å². The third kappa shape index (κ3) is 3.46. The van der Waals surface area contributed by atoms with Crippen LogP contribution < -0.4 is 0 Å². The standard InChI is InChI=1S/C18H25NO6/c1-21-18-14(19-7-9-22-10-8-19)15(20)16-13(24-18)11-23-17(25-16)12-5-3-2-4-6-12/h2-6,13-18,20H,7-11H2,1H3/t13-,14-,15-,16-,17?,18-/m1/s1. The molecule has 3 fully saturated rings. The first kappa shape index (κ1) is 17.4. The van der Waals surface area contributed by atoms with E-state index in [4.69, 9.17) is 23.7 Å². The van der Waals surface area contributed by atoms with Crippen LogP contribution in [0.2, 0.25) is 0 Å². The van der Waals surface area contributed by atoms with Gasteiger partial charge >= 0.3 is 0 Å². The van der Waals surface area contributed by atoms with E-state index < -0.39 is 24.8 Å². The molecule has 3 heterocycles. The van der Waals surface area contributed by atoms with E-state index in [1.165, 1.54) is 0 Å². The highest BCUT2D eigenvalue weighted by atomic mass is 16.7. The van der Waals surface area contributed by atoms with Gasteiger partial charge in [0.15, 0.2) is 12.6 Å². The molecule has 3 aliphatic heterocycles. The first-order valence-electron chi connectivity index (χ1n) is 8.78. The number of rotatable bonds is 3. The highest BCUT2D eigenvalue weighted by Gasteiger charge is 2.51. The SMILES string of the molecule is CO[C@@H]1O[C@@H]2COC(c3ccccc3)O[C@H]2[C@H](O)[C@H]1N1CCOCC1. The normalized spacial score (nSPS) is 39.8. The van der Waals surface area contributed by atoms with Crippen molar-refractivity contribution in [2.75, 3.05) is 40.0 Å². The molecule has 0 bridgehead atoms. The zero-order chi connectivity index (χ0) is 17.2. The minimum Gasteiger partial charge on any atom is -0.388 e. The molecule has 3 saturated heterocycles. The summed E-state index contributed by atoms with van der Waals surface area (Å²) in [5.41, 5.74) is 0.935. The lowest BCUT2D eigenvalue weighted by molar-refractivity contribution is -0.351. The van der Waals surface area contributed by atoms with Gasteiger partial charge in [0.2, 0.25) is 0 Å². The second kappa shape index (κ2) is 7.67. The van der Waals surface area contributed by atoms with Gasteiger partial charge in [0.25, 0.3) is 0 Å². The van der Waals surface area contributed by atoms with Crippen LogP contribution in [0.3, 0.4) is 0 Å². The fourth-order valence-corrected chi connectivity index (χ4v) is 3.82. The summed E-state index contributed by atoms with van der Waals surface area (Å²) in [7, 11) is 1.60. The van der Waals surface area contributed by atoms with Crippen LogP contribution in [0.1, 0.15) is 11.9 Å². The molecular formula is C18H25NO6. The molecule has 0 aromatic heterocycles.